The topological polar surface area (TPSA) is 157 Å². The lowest BCUT2D eigenvalue weighted by Gasteiger charge is -2.42. The second-order valence-corrected chi connectivity index (χ2v) is 20.0. The highest BCUT2D eigenvalue weighted by molar-refractivity contribution is 5.92. The van der Waals surface area contributed by atoms with E-state index in [0.29, 0.717) is 6.42 Å². The third kappa shape index (κ3) is 11.3. The van der Waals surface area contributed by atoms with E-state index in [1.165, 1.54) is 22.3 Å². The molecule has 2 aromatic heterocycles. The van der Waals surface area contributed by atoms with Gasteiger partial charge in [0.1, 0.15) is 24.9 Å². The zero-order chi connectivity index (χ0) is 51.3. The number of tetrazole rings is 2. The Morgan fingerprint density at radius 3 is 1.37 bits per heavy atom. The van der Waals surface area contributed by atoms with E-state index in [2.05, 4.69) is 204 Å². The lowest BCUT2D eigenvalue weighted by atomic mass is 9.70. The van der Waals surface area contributed by atoms with Crippen molar-refractivity contribution in [1.82, 2.24) is 56.4 Å². The first-order chi connectivity index (χ1) is 36.2. The van der Waals surface area contributed by atoms with Gasteiger partial charge in [-0.15, -0.1) is 20.4 Å². The van der Waals surface area contributed by atoms with Gasteiger partial charge in [0.2, 0.25) is 5.91 Å². The Morgan fingerprint density at radius 1 is 0.587 bits per heavy atom. The third-order valence-electron chi connectivity index (χ3n) is 15.5. The molecule has 0 atom stereocenters. The van der Waals surface area contributed by atoms with Crippen molar-refractivity contribution < 1.29 is 31.1 Å². The van der Waals surface area contributed by atoms with E-state index in [1.54, 1.807) is 4.90 Å². The highest BCUT2D eigenvalue weighted by Gasteiger charge is 2.51. The number of likely N-dealkylation sites (tertiary alicyclic amines) is 1. The predicted octanol–water partition coefficient (Wildman–Crippen LogP) is 4.98. The molecular weight excluding hydrogens is 1000 g/mol. The first-order valence-corrected chi connectivity index (χ1v) is 25.9. The van der Waals surface area contributed by atoms with Gasteiger partial charge in [-0.1, -0.05) is 192 Å². The van der Waals surface area contributed by atoms with Crippen LogP contribution in [0.1, 0.15) is 83.6 Å². The molecule has 0 aliphatic carbocycles. The van der Waals surface area contributed by atoms with E-state index >= 15 is 0 Å². The molecule has 0 spiro atoms. The second kappa shape index (κ2) is 24.9. The Balaban J connectivity index is 0.000000165. The second-order valence-electron chi connectivity index (χ2n) is 20.0. The number of ether oxygens (including phenoxy) is 1. The maximum absolute atomic E-state index is 14.0. The summed E-state index contributed by atoms with van der Waals surface area (Å²) in [7, 11) is 7.81. The van der Waals surface area contributed by atoms with Gasteiger partial charge in [-0.25, -0.2) is 4.58 Å². The number of likely N-dealkylation sites (N-methyl/N-ethyl adjacent to an activating group) is 1. The van der Waals surface area contributed by atoms with Crippen molar-refractivity contribution in [3.05, 3.63) is 227 Å². The summed E-state index contributed by atoms with van der Waals surface area (Å²) in [6, 6.07) is 62.8. The van der Waals surface area contributed by atoms with Crippen molar-refractivity contribution in [2.24, 2.45) is 0 Å². The molecule has 0 saturated carbocycles. The molecule has 0 bridgehead atoms. The first kappa shape index (κ1) is 54.1. The van der Waals surface area contributed by atoms with Gasteiger partial charge in [0, 0.05) is 20.5 Å². The molecule has 14 nitrogen and oxygen atoms in total. The molecule has 5 heterocycles. The Kier molecular flexibility index (Phi) is 17.9. The molecule has 0 radical (unpaired) electrons. The normalized spacial score (nSPS) is 16.6. The molecule has 1 amide bonds. The standard InChI is InChI=1S/C30H34N6O.C18H20NO.C12H15N5.BrH/c1-35(2)28(37)30(25-14-8-4-9-15-25,26-16-10-5-11-17-26)20-23-36-21-18-29(19-22-36,27-31-33-34-32-27)24-12-6-3-7-13-24;1-19(2)17-18(13-14-20-17,15-9-5-3-6-10-15)16-11-7-4-8-12-16;1-2-4-10(5-3-1)12(6-8-13-9-7-12)11-14-16-17-15-11;/h3-17H,18-23H2,1-2H3,(H,31,32,33,34);3-12H,13-14H2,1-2H3;1-5,13H,6-9H2,(H,14,15,16,17);1H/q;+1;;/p-1. The summed E-state index contributed by atoms with van der Waals surface area (Å²) in [6.07, 6.45) is 5.48. The van der Waals surface area contributed by atoms with Crippen molar-refractivity contribution in [2.75, 3.05) is 67.5 Å². The number of benzene rings is 6. The third-order valence-corrected chi connectivity index (χ3v) is 15.5. The van der Waals surface area contributed by atoms with Crippen molar-refractivity contribution >= 4 is 11.8 Å². The number of aromatic nitrogens is 8. The number of carbonyl (C=O) groups excluding carboxylic acids is 1. The zero-order valence-electron chi connectivity index (χ0n) is 43.5. The molecule has 11 rings (SSSR count). The average molecular weight is 1070 g/mol. The number of rotatable bonds is 12. The van der Waals surface area contributed by atoms with Gasteiger partial charge in [-0.05, 0) is 98.2 Å². The highest BCUT2D eigenvalue weighted by atomic mass is 79.9. The number of amides is 1. The van der Waals surface area contributed by atoms with Crippen molar-refractivity contribution in [3.8, 4) is 0 Å². The minimum atomic E-state index is -0.756. The predicted molar refractivity (Wildman–Crippen MR) is 289 cm³/mol. The Hall–Kier alpha value is -7.20. The molecule has 388 valence electrons. The number of H-pyrrole nitrogens is 2. The minimum Gasteiger partial charge on any atom is -1.00 e. The smallest absolute Gasteiger partial charge is 0.351 e. The van der Waals surface area contributed by atoms with Crippen LogP contribution in [0.25, 0.3) is 0 Å². The Labute approximate surface area is 451 Å². The maximum Gasteiger partial charge on any atom is 0.351 e. The van der Waals surface area contributed by atoms with Crippen LogP contribution in [0.5, 0.6) is 0 Å². The number of hydrogen-bond donors (Lipinski definition) is 3. The fourth-order valence-corrected chi connectivity index (χ4v) is 11.7. The lowest BCUT2D eigenvalue weighted by Crippen LogP contribution is -3.00. The van der Waals surface area contributed by atoms with Crippen LogP contribution in [0.2, 0.25) is 0 Å². The monoisotopic (exact) mass is 1070 g/mol. The average Bonchev–Trinajstić information content (AvgIpc) is 4.31. The van der Waals surface area contributed by atoms with Gasteiger partial charge in [0.05, 0.1) is 17.4 Å². The zero-order valence-corrected chi connectivity index (χ0v) is 45.1. The SMILES string of the molecule is CN(C)C(=O)C(CCN1CCC(c2ccccc2)(c2nn[nH]n2)CC1)(c1ccccc1)c1ccccc1.C[N+](C)=C1OCCC1(c1ccccc1)c1ccccc1.[Br-].c1ccc(C2(c3nn[nH]n3)CCNCC2)cc1. The number of carbonyl (C=O) groups is 1. The molecule has 3 aliphatic rings. The van der Waals surface area contributed by atoms with E-state index in [4.69, 9.17) is 4.74 Å². The summed E-state index contributed by atoms with van der Waals surface area (Å²) in [4.78, 5) is 18.2. The molecule has 3 fully saturated rings. The Morgan fingerprint density at radius 2 is 0.987 bits per heavy atom. The van der Waals surface area contributed by atoms with Gasteiger partial charge < -0.3 is 36.8 Å². The highest BCUT2D eigenvalue weighted by Crippen LogP contribution is 2.44. The van der Waals surface area contributed by atoms with E-state index in [9.17, 15) is 4.79 Å². The summed E-state index contributed by atoms with van der Waals surface area (Å²) in [5.74, 6) is 2.71. The van der Waals surface area contributed by atoms with Crippen molar-refractivity contribution in [1.29, 1.82) is 0 Å². The molecule has 3 saturated heterocycles. The van der Waals surface area contributed by atoms with Gasteiger partial charge >= 0.3 is 5.90 Å². The summed E-state index contributed by atoms with van der Waals surface area (Å²) < 4.78 is 8.09. The summed E-state index contributed by atoms with van der Waals surface area (Å²) in [5, 5.41) is 33.4. The summed E-state index contributed by atoms with van der Waals surface area (Å²) >= 11 is 0. The number of halogens is 1. The molecule has 3 N–H and O–H groups in total. The molecule has 75 heavy (non-hydrogen) atoms. The van der Waals surface area contributed by atoms with Gasteiger partial charge in [0.15, 0.2) is 11.6 Å². The molecule has 3 aliphatic heterocycles. The van der Waals surface area contributed by atoms with E-state index in [0.717, 1.165) is 100 Å². The number of nitrogens with zero attached hydrogens (tertiary/aromatic N) is 9. The number of aromatic amines is 2. The first-order valence-electron chi connectivity index (χ1n) is 25.9. The summed E-state index contributed by atoms with van der Waals surface area (Å²) in [6.45, 7) is 5.32. The largest absolute Gasteiger partial charge is 1.00 e. The van der Waals surface area contributed by atoms with Crippen LogP contribution >= 0.6 is 0 Å². The van der Waals surface area contributed by atoms with E-state index < -0.39 is 5.41 Å². The van der Waals surface area contributed by atoms with Crippen LogP contribution in [0.15, 0.2) is 182 Å². The number of nitrogens with one attached hydrogen (secondary N) is 3. The molecule has 8 aromatic rings. The minimum absolute atomic E-state index is 0. The van der Waals surface area contributed by atoms with Crippen LogP contribution in [0.4, 0.5) is 0 Å². The van der Waals surface area contributed by atoms with Crippen LogP contribution in [-0.4, -0.2) is 135 Å². The number of hydrogen-bond acceptors (Lipinski definition) is 10. The Bertz CT molecular complexity index is 2890. The molecular formula is C60H69BrN12O2. The van der Waals surface area contributed by atoms with Crippen LogP contribution in [-0.2, 0) is 31.2 Å². The fraction of sp³-hybridized carbons (Fsp3) is 0.333. The van der Waals surface area contributed by atoms with Gasteiger partial charge in [-0.3, -0.25) is 4.79 Å². The lowest BCUT2D eigenvalue weighted by molar-refractivity contribution is -0.476. The molecule has 6 aromatic carbocycles. The van der Waals surface area contributed by atoms with Crippen molar-refractivity contribution in [2.45, 2.75) is 60.2 Å². The molecule has 0 unspecified atom stereocenters. The van der Waals surface area contributed by atoms with Crippen LogP contribution in [0.3, 0.4) is 0 Å². The van der Waals surface area contributed by atoms with Crippen molar-refractivity contribution in [3.63, 3.8) is 0 Å². The quantitative estimate of drug-likeness (QED) is 0.143. The fourth-order valence-electron chi connectivity index (χ4n) is 11.7. The van der Waals surface area contributed by atoms with Crippen LogP contribution < -0.4 is 22.3 Å². The number of piperidine rings is 2. The van der Waals surface area contributed by atoms with Gasteiger partial charge in [-0.2, -0.15) is 10.4 Å². The summed E-state index contributed by atoms with van der Waals surface area (Å²) in [5.41, 5.74) is 5.90. The van der Waals surface area contributed by atoms with E-state index in [1.807, 2.05) is 62.6 Å². The van der Waals surface area contributed by atoms with Gasteiger partial charge in [0.25, 0.3) is 0 Å². The molecule has 15 heteroatoms. The van der Waals surface area contributed by atoms with E-state index in [-0.39, 0.29) is 39.1 Å². The van der Waals surface area contributed by atoms with Crippen LogP contribution in [0, 0.1) is 0 Å². The maximum atomic E-state index is 14.0.